The van der Waals surface area contributed by atoms with Crippen molar-refractivity contribution in [2.45, 2.75) is 32.4 Å². The zero-order valence-corrected chi connectivity index (χ0v) is 18.5. The van der Waals surface area contributed by atoms with Gasteiger partial charge in [-0.05, 0) is 43.7 Å². The molecule has 0 radical (unpaired) electrons. The lowest BCUT2D eigenvalue weighted by atomic mass is 10.1. The number of methoxy groups -OCH3 is 1. The van der Waals surface area contributed by atoms with Crippen molar-refractivity contribution in [3.8, 4) is 17.0 Å². The number of nitrogens with one attached hydrogen (secondary N) is 2. The number of anilines is 3. The third-order valence-corrected chi connectivity index (χ3v) is 5.11. The standard InChI is InChI=1S/C23H26F2N6O2/c1-4-19(12(2)26)30-23-18(25)11-16(21(27)32)22(31-23)29-13-7-8-28-20(9-13)15-6-5-14(33-3)10-17(15)24/h5-12,19H,4,26H2,1-3H3,(H2,27,32)(H2,28,29,30,31)/t12-,19+/m0/s1. The highest BCUT2D eigenvalue weighted by Gasteiger charge is 2.20. The molecule has 3 rings (SSSR count). The molecule has 8 nitrogen and oxygen atoms in total. The molecule has 0 saturated carbocycles. The maximum atomic E-state index is 14.6. The molecule has 0 saturated heterocycles. The maximum absolute atomic E-state index is 14.6. The molecule has 0 aliphatic heterocycles. The number of amides is 1. The first-order valence-electron chi connectivity index (χ1n) is 10.3. The van der Waals surface area contributed by atoms with Gasteiger partial charge in [0.15, 0.2) is 11.6 Å². The molecule has 0 unspecified atom stereocenters. The van der Waals surface area contributed by atoms with E-state index in [0.29, 0.717) is 23.6 Å². The van der Waals surface area contributed by atoms with E-state index in [1.807, 2.05) is 6.92 Å². The highest BCUT2D eigenvalue weighted by molar-refractivity contribution is 5.98. The second-order valence-electron chi connectivity index (χ2n) is 7.50. The number of nitrogens with two attached hydrogens (primary N) is 2. The fourth-order valence-corrected chi connectivity index (χ4v) is 3.28. The van der Waals surface area contributed by atoms with Gasteiger partial charge >= 0.3 is 0 Å². The first kappa shape index (κ1) is 23.9. The van der Waals surface area contributed by atoms with E-state index >= 15 is 0 Å². The van der Waals surface area contributed by atoms with Crippen LogP contribution < -0.4 is 26.8 Å². The molecular weight excluding hydrogens is 430 g/mol. The number of hydrogen-bond acceptors (Lipinski definition) is 7. The Morgan fingerprint density at radius 1 is 1.15 bits per heavy atom. The van der Waals surface area contributed by atoms with Crippen LogP contribution in [0.2, 0.25) is 0 Å². The summed E-state index contributed by atoms with van der Waals surface area (Å²) in [5, 5.41) is 5.92. The van der Waals surface area contributed by atoms with Crippen LogP contribution in [-0.4, -0.2) is 35.1 Å². The Morgan fingerprint density at radius 2 is 1.91 bits per heavy atom. The molecule has 3 aromatic rings. The van der Waals surface area contributed by atoms with E-state index in [-0.39, 0.29) is 34.8 Å². The van der Waals surface area contributed by atoms with Gasteiger partial charge in [0, 0.05) is 35.6 Å². The fraction of sp³-hybridized carbons (Fsp3) is 0.261. The van der Waals surface area contributed by atoms with E-state index < -0.39 is 17.5 Å². The number of nitrogens with zero attached hydrogens (tertiary/aromatic N) is 2. The van der Waals surface area contributed by atoms with Crippen LogP contribution in [0.4, 0.5) is 26.1 Å². The zero-order valence-electron chi connectivity index (χ0n) is 18.5. The average Bonchev–Trinajstić information content (AvgIpc) is 2.78. The molecule has 0 aliphatic rings. The number of hydrogen-bond donors (Lipinski definition) is 4. The van der Waals surface area contributed by atoms with Crippen molar-refractivity contribution in [2.75, 3.05) is 17.7 Å². The van der Waals surface area contributed by atoms with Gasteiger partial charge in [0.05, 0.1) is 18.4 Å². The minimum absolute atomic E-state index is 0.0401. The third kappa shape index (κ3) is 5.53. The third-order valence-electron chi connectivity index (χ3n) is 5.11. The predicted octanol–water partition coefficient (Wildman–Crippen LogP) is 3.81. The molecule has 2 heterocycles. The normalized spacial score (nSPS) is 12.7. The quantitative estimate of drug-likeness (QED) is 0.385. The molecule has 174 valence electrons. The predicted molar refractivity (Wildman–Crippen MR) is 124 cm³/mol. The minimum atomic E-state index is -0.856. The monoisotopic (exact) mass is 456 g/mol. The number of carbonyl (C=O) groups excluding carboxylic acids is 1. The minimum Gasteiger partial charge on any atom is -0.497 e. The Hall–Kier alpha value is -3.79. The van der Waals surface area contributed by atoms with E-state index in [1.54, 1.807) is 31.2 Å². The Kier molecular flexibility index (Phi) is 7.39. The van der Waals surface area contributed by atoms with Gasteiger partial charge in [0.2, 0.25) is 0 Å². The first-order chi connectivity index (χ1) is 15.7. The van der Waals surface area contributed by atoms with E-state index in [0.717, 1.165) is 6.07 Å². The van der Waals surface area contributed by atoms with E-state index in [2.05, 4.69) is 20.6 Å². The summed E-state index contributed by atoms with van der Waals surface area (Å²) >= 11 is 0. The molecule has 1 amide bonds. The first-order valence-corrected chi connectivity index (χ1v) is 10.3. The number of benzene rings is 1. The summed E-state index contributed by atoms with van der Waals surface area (Å²) in [6.07, 6.45) is 2.11. The highest BCUT2D eigenvalue weighted by Crippen LogP contribution is 2.29. The summed E-state index contributed by atoms with van der Waals surface area (Å²) in [5.74, 6) is -1.75. The van der Waals surface area contributed by atoms with Crippen molar-refractivity contribution in [1.82, 2.24) is 9.97 Å². The van der Waals surface area contributed by atoms with Crippen LogP contribution in [0.3, 0.4) is 0 Å². The maximum Gasteiger partial charge on any atom is 0.252 e. The molecule has 0 fully saturated rings. The van der Waals surface area contributed by atoms with Gasteiger partial charge in [0.25, 0.3) is 5.91 Å². The Labute approximate surface area is 190 Å². The Balaban J connectivity index is 1.97. The van der Waals surface area contributed by atoms with Crippen LogP contribution in [0.25, 0.3) is 11.3 Å². The Morgan fingerprint density at radius 3 is 2.52 bits per heavy atom. The van der Waals surface area contributed by atoms with Gasteiger partial charge < -0.3 is 26.8 Å². The molecular formula is C23H26F2N6O2. The number of pyridine rings is 2. The highest BCUT2D eigenvalue weighted by atomic mass is 19.1. The number of aromatic nitrogens is 2. The number of halogens is 2. The van der Waals surface area contributed by atoms with Crippen molar-refractivity contribution in [1.29, 1.82) is 0 Å². The van der Waals surface area contributed by atoms with Crippen molar-refractivity contribution in [2.24, 2.45) is 11.5 Å². The molecule has 2 atom stereocenters. The summed E-state index contributed by atoms with van der Waals surface area (Å²) in [4.78, 5) is 20.4. The fourth-order valence-electron chi connectivity index (χ4n) is 3.28. The van der Waals surface area contributed by atoms with Gasteiger partial charge in [-0.2, -0.15) is 0 Å². The van der Waals surface area contributed by atoms with E-state index in [4.69, 9.17) is 16.2 Å². The van der Waals surface area contributed by atoms with Crippen LogP contribution in [0.1, 0.15) is 30.6 Å². The summed E-state index contributed by atoms with van der Waals surface area (Å²) in [6, 6.07) is 8.12. The molecule has 10 heteroatoms. The molecule has 6 N–H and O–H groups in total. The van der Waals surface area contributed by atoms with E-state index in [9.17, 15) is 13.6 Å². The van der Waals surface area contributed by atoms with Gasteiger partial charge in [-0.15, -0.1) is 0 Å². The molecule has 0 spiro atoms. The molecule has 2 aromatic heterocycles. The lowest BCUT2D eigenvalue weighted by Gasteiger charge is -2.22. The van der Waals surface area contributed by atoms with Crippen molar-refractivity contribution in [3.63, 3.8) is 0 Å². The lowest BCUT2D eigenvalue weighted by molar-refractivity contribution is 0.100. The smallest absolute Gasteiger partial charge is 0.252 e. The van der Waals surface area contributed by atoms with Crippen molar-refractivity contribution in [3.05, 3.63) is 59.8 Å². The molecule has 1 aromatic carbocycles. The Bertz CT molecular complexity index is 1160. The van der Waals surface area contributed by atoms with Crippen molar-refractivity contribution < 1.29 is 18.3 Å². The summed E-state index contributed by atoms with van der Waals surface area (Å²) in [7, 11) is 1.45. The average molecular weight is 456 g/mol. The number of ether oxygens (including phenoxy) is 1. The largest absolute Gasteiger partial charge is 0.497 e. The lowest BCUT2D eigenvalue weighted by Crippen LogP contribution is -2.38. The van der Waals surface area contributed by atoms with Crippen LogP contribution >= 0.6 is 0 Å². The number of rotatable bonds is 9. The van der Waals surface area contributed by atoms with Gasteiger partial charge in [-0.25, -0.2) is 13.8 Å². The summed E-state index contributed by atoms with van der Waals surface area (Å²) in [5.41, 5.74) is 12.3. The topological polar surface area (TPSA) is 128 Å². The van der Waals surface area contributed by atoms with Crippen LogP contribution in [0, 0.1) is 11.6 Å². The zero-order chi connectivity index (χ0) is 24.1. The van der Waals surface area contributed by atoms with Crippen LogP contribution in [0.5, 0.6) is 5.75 Å². The molecule has 0 bridgehead atoms. The summed E-state index contributed by atoms with van der Waals surface area (Å²) < 4.78 is 34.1. The SMILES string of the molecule is CC[C@@H](Nc1nc(Nc2ccnc(-c3ccc(OC)cc3F)c2)c(C(N)=O)cc1F)[C@H](C)N. The number of carbonyl (C=O) groups is 1. The van der Waals surface area contributed by atoms with Gasteiger partial charge in [-0.3, -0.25) is 9.78 Å². The van der Waals surface area contributed by atoms with Gasteiger partial charge in [-0.1, -0.05) is 6.92 Å². The second kappa shape index (κ2) is 10.2. The second-order valence-corrected chi connectivity index (χ2v) is 7.50. The van der Waals surface area contributed by atoms with Gasteiger partial charge in [0.1, 0.15) is 17.4 Å². The van der Waals surface area contributed by atoms with Crippen LogP contribution in [-0.2, 0) is 0 Å². The van der Waals surface area contributed by atoms with Crippen molar-refractivity contribution >= 4 is 23.2 Å². The number of primary amides is 1. The van der Waals surface area contributed by atoms with E-state index in [1.165, 1.54) is 19.4 Å². The molecule has 33 heavy (non-hydrogen) atoms. The summed E-state index contributed by atoms with van der Waals surface area (Å²) in [6.45, 7) is 3.71. The molecule has 0 aliphatic carbocycles. The van der Waals surface area contributed by atoms with Crippen LogP contribution in [0.15, 0.2) is 42.6 Å².